The van der Waals surface area contributed by atoms with Crippen LogP contribution < -0.4 is 5.32 Å². The largest absolute Gasteiger partial charge is 0.480 e. The molecule has 2 atom stereocenters. The Hall–Kier alpha value is -1.29. The summed E-state index contributed by atoms with van der Waals surface area (Å²) >= 11 is 0. The zero-order valence-corrected chi connectivity index (χ0v) is 9.93. The van der Waals surface area contributed by atoms with Crippen LogP contribution in [-0.4, -0.2) is 17.1 Å². The minimum absolute atomic E-state index is 0.0881. The van der Waals surface area contributed by atoms with Gasteiger partial charge in [0.1, 0.15) is 11.8 Å². The van der Waals surface area contributed by atoms with Crippen LogP contribution in [0.25, 0.3) is 0 Å². The van der Waals surface area contributed by atoms with Gasteiger partial charge in [-0.1, -0.05) is 13.8 Å². The van der Waals surface area contributed by atoms with Crippen molar-refractivity contribution in [1.82, 2.24) is 5.32 Å². The van der Waals surface area contributed by atoms with E-state index in [9.17, 15) is 4.79 Å². The molecule has 0 saturated carbocycles. The molecule has 1 aromatic rings. The van der Waals surface area contributed by atoms with E-state index in [1.807, 2.05) is 26.8 Å². The number of rotatable bonds is 6. The fraction of sp³-hybridized carbons (Fsp3) is 0.583. The Bertz CT molecular complexity index is 319. The van der Waals surface area contributed by atoms with Crippen LogP contribution in [0.2, 0.25) is 0 Å². The van der Waals surface area contributed by atoms with Crippen LogP contribution in [-0.2, 0) is 4.79 Å². The van der Waals surface area contributed by atoms with Crippen molar-refractivity contribution in [2.24, 2.45) is 5.92 Å². The highest BCUT2D eigenvalue weighted by Gasteiger charge is 2.22. The quantitative estimate of drug-likeness (QED) is 0.780. The predicted octanol–water partition coefficient (Wildman–Crippen LogP) is 2.43. The number of carboxylic acid groups (broad SMARTS) is 1. The maximum Gasteiger partial charge on any atom is 0.320 e. The zero-order chi connectivity index (χ0) is 12.1. The molecule has 0 fully saturated rings. The van der Waals surface area contributed by atoms with E-state index < -0.39 is 12.0 Å². The summed E-state index contributed by atoms with van der Waals surface area (Å²) in [7, 11) is 0. The lowest BCUT2D eigenvalue weighted by Crippen LogP contribution is -2.39. The van der Waals surface area contributed by atoms with E-state index in [1.165, 1.54) is 0 Å². The van der Waals surface area contributed by atoms with Gasteiger partial charge in [-0.25, -0.2) is 0 Å². The molecule has 0 saturated heterocycles. The van der Waals surface area contributed by atoms with Crippen molar-refractivity contribution in [2.75, 3.05) is 0 Å². The van der Waals surface area contributed by atoms with Crippen LogP contribution in [0.3, 0.4) is 0 Å². The Morgan fingerprint density at radius 1 is 1.50 bits per heavy atom. The maximum absolute atomic E-state index is 11.0. The highest BCUT2D eigenvalue weighted by molar-refractivity contribution is 5.73. The lowest BCUT2D eigenvalue weighted by Gasteiger charge is -2.20. The second-order valence-corrected chi connectivity index (χ2v) is 4.42. The van der Waals surface area contributed by atoms with Gasteiger partial charge >= 0.3 is 5.97 Å². The van der Waals surface area contributed by atoms with Crippen molar-refractivity contribution in [3.63, 3.8) is 0 Å². The van der Waals surface area contributed by atoms with Gasteiger partial charge in [-0.3, -0.25) is 10.1 Å². The second kappa shape index (κ2) is 5.70. The molecule has 1 aromatic heterocycles. The first kappa shape index (κ1) is 12.8. The first-order chi connectivity index (χ1) is 7.50. The maximum atomic E-state index is 11.0. The summed E-state index contributed by atoms with van der Waals surface area (Å²) < 4.78 is 5.23. The molecule has 0 bridgehead atoms. The van der Waals surface area contributed by atoms with E-state index in [4.69, 9.17) is 9.52 Å². The van der Waals surface area contributed by atoms with Crippen LogP contribution in [0.4, 0.5) is 0 Å². The summed E-state index contributed by atoms with van der Waals surface area (Å²) in [6.45, 7) is 5.92. The average molecular weight is 225 g/mol. The normalized spacial score (nSPS) is 15.0. The fourth-order valence-electron chi connectivity index (χ4n) is 1.63. The third-order valence-corrected chi connectivity index (χ3v) is 2.43. The Kier molecular flexibility index (Phi) is 4.55. The number of carboxylic acids is 1. The molecule has 4 nitrogen and oxygen atoms in total. The van der Waals surface area contributed by atoms with Gasteiger partial charge in [0.25, 0.3) is 0 Å². The molecule has 0 aliphatic heterocycles. The molecule has 2 N–H and O–H groups in total. The van der Waals surface area contributed by atoms with Crippen LogP contribution >= 0.6 is 0 Å². The Morgan fingerprint density at radius 2 is 2.19 bits per heavy atom. The molecule has 4 heteroatoms. The monoisotopic (exact) mass is 225 g/mol. The highest BCUT2D eigenvalue weighted by Crippen LogP contribution is 2.15. The van der Waals surface area contributed by atoms with Gasteiger partial charge in [-0.15, -0.1) is 0 Å². The Morgan fingerprint density at radius 3 is 2.62 bits per heavy atom. The number of hydrogen-bond donors (Lipinski definition) is 2. The van der Waals surface area contributed by atoms with E-state index in [-0.39, 0.29) is 6.04 Å². The van der Waals surface area contributed by atoms with E-state index in [0.717, 1.165) is 5.76 Å². The highest BCUT2D eigenvalue weighted by atomic mass is 16.4. The molecule has 90 valence electrons. The first-order valence-electron chi connectivity index (χ1n) is 5.53. The lowest BCUT2D eigenvalue weighted by molar-refractivity contribution is -0.140. The SMILES string of the molecule is CC(C)CC(NC(C)c1ccco1)C(=O)O. The topological polar surface area (TPSA) is 62.5 Å². The smallest absolute Gasteiger partial charge is 0.320 e. The van der Waals surface area contributed by atoms with Crippen molar-refractivity contribution in [3.05, 3.63) is 24.2 Å². The third-order valence-electron chi connectivity index (χ3n) is 2.43. The molecule has 0 amide bonds. The van der Waals surface area contributed by atoms with E-state index in [1.54, 1.807) is 12.3 Å². The van der Waals surface area contributed by atoms with Crippen molar-refractivity contribution in [2.45, 2.75) is 39.3 Å². The zero-order valence-electron chi connectivity index (χ0n) is 9.93. The molecular formula is C12H19NO3. The van der Waals surface area contributed by atoms with Crippen LogP contribution in [0, 0.1) is 5.92 Å². The van der Waals surface area contributed by atoms with Crippen molar-refractivity contribution >= 4 is 5.97 Å². The molecule has 0 aromatic carbocycles. The van der Waals surface area contributed by atoms with Gasteiger partial charge in [0.05, 0.1) is 12.3 Å². The summed E-state index contributed by atoms with van der Waals surface area (Å²) in [5.41, 5.74) is 0. The molecule has 2 unspecified atom stereocenters. The van der Waals surface area contributed by atoms with Crippen molar-refractivity contribution < 1.29 is 14.3 Å². The number of hydrogen-bond acceptors (Lipinski definition) is 3. The number of nitrogens with one attached hydrogen (secondary N) is 1. The minimum Gasteiger partial charge on any atom is -0.480 e. The summed E-state index contributed by atoms with van der Waals surface area (Å²) in [5.74, 6) is 0.291. The number of aliphatic carboxylic acids is 1. The summed E-state index contributed by atoms with van der Waals surface area (Å²) in [4.78, 5) is 11.0. The molecule has 16 heavy (non-hydrogen) atoms. The van der Waals surface area contributed by atoms with Gasteiger partial charge in [0.15, 0.2) is 0 Å². The fourth-order valence-corrected chi connectivity index (χ4v) is 1.63. The second-order valence-electron chi connectivity index (χ2n) is 4.42. The van der Waals surface area contributed by atoms with E-state index in [2.05, 4.69) is 5.32 Å². The molecule has 0 spiro atoms. The molecule has 0 radical (unpaired) electrons. The van der Waals surface area contributed by atoms with Crippen LogP contribution in [0.15, 0.2) is 22.8 Å². The number of furan rings is 1. The van der Waals surface area contributed by atoms with Gasteiger partial charge in [0, 0.05) is 0 Å². The summed E-state index contributed by atoms with van der Waals surface area (Å²) in [5, 5.41) is 12.1. The van der Waals surface area contributed by atoms with Gasteiger partial charge < -0.3 is 9.52 Å². The Balaban J connectivity index is 2.58. The first-order valence-corrected chi connectivity index (χ1v) is 5.53. The third kappa shape index (κ3) is 3.70. The average Bonchev–Trinajstić information content (AvgIpc) is 2.68. The molecule has 0 aliphatic rings. The van der Waals surface area contributed by atoms with Gasteiger partial charge in [0.2, 0.25) is 0 Å². The standard InChI is InChI=1S/C12H19NO3/c1-8(2)7-10(12(14)15)13-9(3)11-5-4-6-16-11/h4-6,8-10,13H,7H2,1-3H3,(H,14,15). The van der Waals surface area contributed by atoms with Crippen LogP contribution in [0.5, 0.6) is 0 Å². The van der Waals surface area contributed by atoms with Crippen molar-refractivity contribution in [1.29, 1.82) is 0 Å². The lowest BCUT2D eigenvalue weighted by atomic mass is 10.0. The van der Waals surface area contributed by atoms with Crippen molar-refractivity contribution in [3.8, 4) is 0 Å². The van der Waals surface area contributed by atoms with Crippen LogP contribution in [0.1, 0.15) is 39.0 Å². The molecule has 1 heterocycles. The molecular weight excluding hydrogens is 206 g/mol. The van der Waals surface area contributed by atoms with E-state index in [0.29, 0.717) is 12.3 Å². The Labute approximate surface area is 95.7 Å². The minimum atomic E-state index is -0.813. The summed E-state index contributed by atoms with van der Waals surface area (Å²) in [6, 6.07) is 3.02. The van der Waals surface area contributed by atoms with Gasteiger partial charge in [-0.05, 0) is 31.4 Å². The van der Waals surface area contributed by atoms with E-state index >= 15 is 0 Å². The summed E-state index contributed by atoms with van der Waals surface area (Å²) in [6.07, 6.45) is 2.20. The molecule has 0 aliphatic carbocycles. The van der Waals surface area contributed by atoms with Gasteiger partial charge in [-0.2, -0.15) is 0 Å². The number of carbonyl (C=O) groups is 1. The molecule has 1 rings (SSSR count). The predicted molar refractivity (Wildman–Crippen MR) is 61.1 cm³/mol.